The fourth-order valence-corrected chi connectivity index (χ4v) is 4.92. The maximum absolute atomic E-state index is 15.8. The Hall–Kier alpha value is -4.49. The van der Waals surface area contributed by atoms with Crippen LogP contribution in [0.25, 0.3) is 5.65 Å². The molecule has 3 aromatic rings. The molecule has 2 saturated heterocycles. The van der Waals surface area contributed by atoms with Gasteiger partial charge in [0.1, 0.15) is 6.07 Å². The molecular weight excluding hydrogens is 489 g/mol. The SMILES string of the molecule is CC(=O)N1CC(N2CCN(c3cc(C#N)cc(Nc4nc(NC5CC5)c5ncc(C#N)n5n4)c3F)CC2)C1. The van der Waals surface area contributed by atoms with Crippen molar-refractivity contribution in [1.82, 2.24) is 29.4 Å². The molecule has 0 bridgehead atoms. The summed E-state index contributed by atoms with van der Waals surface area (Å²) in [5.74, 6) is 0.125. The standard InChI is InChI=1S/C25H26FN11O/c1-15(38)36-13-19(14-36)34-4-6-35(7-5-34)21-9-16(10-27)8-20(22(21)26)31-25-32-23(30-17-2-3-17)24-29-12-18(11-28)37(24)33-25/h8-9,12,17,19H,2-7,13-14H2,1H3,(H2,30,31,32,33). The first kappa shape index (κ1) is 23.9. The number of imidazole rings is 1. The van der Waals surface area contributed by atoms with Gasteiger partial charge >= 0.3 is 0 Å². The van der Waals surface area contributed by atoms with Crippen LogP contribution in [0.3, 0.4) is 0 Å². The third kappa shape index (κ3) is 4.41. The number of hydrogen-bond donors (Lipinski definition) is 2. The first-order valence-electron chi connectivity index (χ1n) is 12.6. The molecule has 2 aliphatic heterocycles. The number of amides is 1. The zero-order valence-corrected chi connectivity index (χ0v) is 20.9. The van der Waals surface area contributed by atoms with Crippen molar-refractivity contribution in [1.29, 1.82) is 10.5 Å². The number of nitrogens with one attached hydrogen (secondary N) is 2. The summed E-state index contributed by atoms with van der Waals surface area (Å²) in [6.07, 6.45) is 3.44. The lowest BCUT2D eigenvalue weighted by molar-refractivity contribution is -0.136. The van der Waals surface area contributed by atoms with E-state index < -0.39 is 5.82 Å². The summed E-state index contributed by atoms with van der Waals surface area (Å²) in [6, 6.07) is 7.77. The molecule has 1 aliphatic carbocycles. The highest BCUT2D eigenvalue weighted by Gasteiger charge is 2.35. The van der Waals surface area contributed by atoms with Gasteiger partial charge in [0, 0.05) is 58.3 Å². The van der Waals surface area contributed by atoms with Crippen LogP contribution in [0.2, 0.25) is 0 Å². The van der Waals surface area contributed by atoms with E-state index in [0.717, 1.165) is 39.0 Å². The monoisotopic (exact) mass is 515 g/mol. The number of fused-ring (bicyclic) bond motifs is 1. The van der Waals surface area contributed by atoms with E-state index in [1.807, 2.05) is 9.80 Å². The Morgan fingerprint density at radius 1 is 1.13 bits per heavy atom. The van der Waals surface area contributed by atoms with Crippen LogP contribution in [0.4, 0.5) is 27.5 Å². The molecule has 1 aromatic carbocycles. The van der Waals surface area contributed by atoms with Crippen LogP contribution in [0.15, 0.2) is 18.3 Å². The molecule has 0 radical (unpaired) electrons. The quantitative estimate of drug-likeness (QED) is 0.498. The third-order valence-electron chi connectivity index (χ3n) is 7.30. The summed E-state index contributed by atoms with van der Waals surface area (Å²) in [5.41, 5.74) is 1.37. The lowest BCUT2D eigenvalue weighted by Crippen LogP contribution is -2.64. The Labute approximate surface area is 218 Å². The van der Waals surface area contributed by atoms with Gasteiger partial charge in [0.05, 0.1) is 29.2 Å². The summed E-state index contributed by atoms with van der Waals surface area (Å²) in [4.78, 5) is 26.3. The molecule has 12 nitrogen and oxygen atoms in total. The molecule has 0 unspecified atom stereocenters. The minimum atomic E-state index is -0.504. The van der Waals surface area contributed by atoms with Gasteiger partial charge in [0.25, 0.3) is 0 Å². The van der Waals surface area contributed by atoms with Crippen LogP contribution in [-0.4, -0.2) is 86.6 Å². The van der Waals surface area contributed by atoms with Gasteiger partial charge in [-0.3, -0.25) is 9.69 Å². The van der Waals surface area contributed by atoms with E-state index in [1.165, 1.54) is 16.8 Å². The minimum Gasteiger partial charge on any atom is -0.367 e. The van der Waals surface area contributed by atoms with Crippen molar-refractivity contribution >= 4 is 34.7 Å². The molecule has 1 amide bonds. The molecular formula is C25H26FN11O. The molecule has 1 saturated carbocycles. The van der Waals surface area contributed by atoms with Crippen molar-refractivity contribution in [2.75, 3.05) is 54.8 Å². The number of piperazine rings is 1. The van der Waals surface area contributed by atoms with Gasteiger partial charge in [-0.15, -0.1) is 5.10 Å². The summed E-state index contributed by atoms with van der Waals surface area (Å²) in [7, 11) is 0. The van der Waals surface area contributed by atoms with Gasteiger partial charge in [-0.1, -0.05) is 0 Å². The number of anilines is 4. The van der Waals surface area contributed by atoms with E-state index >= 15 is 4.39 Å². The predicted molar refractivity (Wildman–Crippen MR) is 136 cm³/mol. The maximum Gasteiger partial charge on any atom is 0.247 e. The normalized spacial score (nSPS) is 18.1. The van der Waals surface area contributed by atoms with E-state index in [4.69, 9.17) is 0 Å². The zero-order chi connectivity index (χ0) is 26.4. The summed E-state index contributed by atoms with van der Waals surface area (Å²) in [5, 5.41) is 29.7. The van der Waals surface area contributed by atoms with Crippen molar-refractivity contribution in [2.45, 2.75) is 31.8 Å². The minimum absolute atomic E-state index is 0.0768. The van der Waals surface area contributed by atoms with E-state index in [-0.39, 0.29) is 29.3 Å². The van der Waals surface area contributed by atoms with Crippen molar-refractivity contribution in [2.24, 2.45) is 0 Å². The number of rotatable bonds is 6. The fourth-order valence-electron chi connectivity index (χ4n) is 4.92. The predicted octanol–water partition coefficient (Wildman–Crippen LogP) is 1.68. The first-order valence-corrected chi connectivity index (χ1v) is 12.6. The number of hydrogen-bond acceptors (Lipinski definition) is 10. The fraction of sp³-hybridized carbons (Fsp3) is 0.440. The van der Waals surface area contributed by atoms with Crippen molar-refractivity contribution in [3.05, 3.63) is 35.4 Å². The second kappa shape index (κ2) is 9.43. The Morgan fingerprint density at radius 2 is 1.89 bits per heavy atom. The topological polar surface area (TPSA) is 142 Å². The highest BCUT2D eigenvalue weighted by Crippen LogP contribution is 2.32. The second-order valence-corrected chi connectivity index (χ2v) is 9.89. The molecule has 38 heavy (non-hydrogen) atoms. The summed E-state index contributed by atoms with van der Waals surface area (Å²) in [6.45, 7) is 5.71. The van der Waals surface area contributed by atoms with Gasteiger partial charge in [-0.05, 0) is 25.0 Å². The van der Waals surface area contributed by atoms with Gasteiger partial charge in [0.15, 0.2) is 23.0 Å². The molecule has 4 heterocycles. The number of nitrogens with zero attached hydrogens (tertiary/aromatic N) is 9. The number of benzene rings is 1. The lowest BCUT2D eigenvalue weighted by atomic mass is 10.1. The van der Waals surface area contributed by atoms with E-state index in [9.17, 15) is 15.3 Å². The van der Waals surface area contributed by atoms with Crippen LogP contribution in [-0.2, 0) is 4.79 Å². The van der Waals surface area contributed by atoms with Gasteiger partial charge in [0.2, 0.25) is 11.9 Å². The molecule has 2 aromatic heterocycles. The smallest absolute Gasteiger partial charge is 0.247 e. The summed E-state index contributed by atoms with van der Waals surface area (Å²) >= 11 is 0. The molecule has 2 N–H and O–H groups in total. The Kier molecular flexibility index (Phi) is 5.93. The molecule has 3 fully saturated rings. The molecule has 13 heteroatoms. The third-order valence-corrected chi connectivity index (χ3v) is 7.30. The number of likely N-dealkylation sites (tertiary alicyclic amines) is 1. The number of aromatic nitrogens is 4. The zero-order valence-electron chi connectivity index (χ0n) is 20.9. The Bertz CT molecular complexity index is 1490. The van der Waals surface area contributed by atoms with Crippen LogP contribution < -0.4 is 15.5 Å². The molecule has 3 aliphatic rings. The van der Waals surface area contributed by atoms with Crippen molar-refractivity contribution in [3.8, 4) is 12.1 Å². The van der Waals surface area contributed by atoms with Crippen LogP contribution in [0.5, 0.6) is 0 Å². The second-order valence-electron chi connectivity index (χ2n) is 9.89. The highest BCUT2D eigenvalue weighted by molar-refractivity contribution is 5.74. The number of nitriles is 2. The highest BCUT2D eigenvalue weighted by atomic mass is 19.1. The average molecular weight is 516 g/mol. The number of carbonyl (C=O) groups is 1. The van der Waals surface area contributed by atoms with E-state index in [1.54, 1.807) is 13.0 Å². The van der Waals surface area contributed by atoms with Gasteiger partial charge < -0.3 is 20.4 Å². The van der Waals surface area contributed by atoms with E-state index in [2.05, 4.69) is 42.7 Å². The van der Waals surface area contributed by atoms with Crippen LogP contribution in [0.1, 0.15) is 31.0 Å². The molecule has 6 rings (SSSR count). The van der Waals surface area contributed by atoms with Crippen molar-refractivity contribution < 1.29 is 9.18 Å². The van der Waals surface area contributed by atoms with Gasteiger partial charge in [-0.25, -0.2) is 9.37 Å². The molecule has 0 atom stereocenters. The lowest BCUT2D eigenvalue weighted by Gasteiger charge is -2.48. The number of carbonyl (C=O) groups excluding carboxylic acids is 1. The van der Waals surface area contributed by atoms with Crippen LogP contribution in [0, 0.1) is 28.5 Å². The average Bonchev–Trinajstić information content (AvgIpc) is 3.60. The largest absolute Gasteiger partial charge is 0.367 e. The first-order chi connectivity index (χ1) is 18.4. The molecule has 0 spiro atoms. The summed E-state index contributed by atoms with van der Waals surface area (Å²) < 4.78 is 17.2. The maximum atomic E-state index is 15.8. The van der Waals surface area contributed by atoms with Crippen LogP contribution >= 0.6 is 0 Å². The Balaban J connectivity index is 1.24. The van der Waals surface area contributed by atoms with Crippen molar-refractivity contribution in [3.63, 3.8) is 0 Å². The molecule has 194 valence electrons. The van der Waals surface area contributed by atoms with Gasteiger partial charge in [-0.2, -0.15) is 20.0 Å². The Morgan fingerprint density at radius 3 is 2.55 bits per heavy atom. The van der Waals surface area contributed by atoms with E-state index in [0.29, 0.717) is 41.8 Å². The number of halogens is 1.